The molecule has 0 heterocycles. The van der Waals surface area contributed by atoms with Crippen LogP contribution in [-0.2, 0) is 15.7 Å². The molecule has 0 aliphatic rings. The van der Waals surface area contributed by atoms with Gasteiger partial charge in [0.25, 0.3) is 0 Å². The minimum Gasteiger partial charge on any atom is -0.325 e. The van der Waals surface area contributed by atoms with Crippen LogP contribution in [0.1, 0.15) is 41.5 Å². The number of halogens is 1. The first kappa shape index (κ1) is 22.8. The van der Waals surface area contributed by atoms with E-state index in [0.29, 0.717) is 13.8 Å². The van der Waals surface area contributed by atoms with Gasteiger partial charge in [0.1, 0.15) is 0 Å². The fraction of sp³-hybridized carbons (Fsp3) is 0.833. The predicted octanol–water partition coefficient (Wildman–Crippen LogP) is -4.65. The predicted molar refractivity (Wildman–Crippen MR) is 66.0 cm³/mol. The summed E-state index contributed by atoms with van der Waals surface area (Å²) in [6.45, 7) is 15.6. The van der Waals surface area contributed by atoms with Crippen LogP contribution in [0.15, 0.2) is 0 Å². The van der Waals surface area contributed by atoms with Gasteiger partial charge in [-0.3, -0.25) is 0 Å². The van der Waals surface area contributed by atoms with Crippen molar-refractivity contribution in [1.82, 2.24) is 0 Å². The molecule has 0 aliphatic heterocycles. The van der Waals surface area contributed by atoms with E-state index in [1.165, 1.54) is 30.7 Å². The molecule has 0 bridgehead atoms. The Hall–Kier alpha value is -0.490. The Labute approximate surface area is 129 Å². The van der Waals surface area contributed by atoms with Crippen molar-refractivity contribution in [3.05, 3.63) is 0 Å². The molecular formula is C12H26INO7. The molecule has 0 aromatic rings. The third kappa shape index (κ3) is 10.8. The van der Waals surface area contributed by atoms with Crippen LogP contribution >= 0.6 is 0 Å². The maximum absolute atomic E-state index is 10.5. The summed E-state index contributed by atoms with van der Waals surface area (Å²) in [7, 11) is 0. The quantitative estimate of drug-likeness (QED) is 0.311. The summed E-state index contributed by atoms with van der Waals surface area (Å²) in [4.78, 5) is 20.2. The summed E-state index contributed by atoms with van der Waals surface area (Å²) >= 11 is -7.34. The Morgan fingerprint density at radius 1 is 0.810 bits per heavy atom. The molecule has 0 unspecified atom stereocenters. The number of carbonyl (C=O) groups is 2. The van der Waals surface area contributed by atoms with E-state index in [0.717, 1.165) is 0 Å². The molecular weight excluding hydrogens is 397 g/mol. The maximum Gasteiger partial charge on any atom is 0.0757 e. The number of nitrogens with zero attached hydrogens (tertiary/aromatic N) is 1. The molecule has 0 radical (unpaired) electrons. The zero-order valence-electron chi connectivity index (χ0n) is 13.5. The average Bonchev–Trinajstić information content (AvgIpc) is 2.29. The van der Waals surface area contributed by atoms with Crippen molar-refractivity contribution in [1.29, 1.82) is 0 Å². The maximum atomic E-state index is 10.5. The summed E-state index contributed by atoms with van der Waals surface area (Å²) in [5.74, 6) is -2.68. The third-order valence-electron chi connectivity index (χ3n) is 3.15. The van der Waals surface area contributed by atoms with Crippen molar-refractivity contribution >= 4 is 11.9 Å². The van der Waals surface area contributed by atoms with Crippen LogP contribution in [0.5, 0.6) is 0 Å². The van der Waals surface area contributed by atoms with E-state index in [1.807, 2.05) is 0 Å². The summed E-state index contributed by atoms with van der Waals surface area (Å²) in [6, 6.07) is 0. The van der Waals surface area contributed by atoms with E-state index in [2.05, 4.69) is 33.8 Å². The fourth-order valence-electron chi connectivity index (χ4n) is 1.71. The van der Waals surface area contributed by atoms with Crippen LogP contribution in [0.4, 0.5) is 0 Å². The molecule has 0 spiro atoms. The Morgan fingerprint density at radius 2 is 1.05 bits per heavy atom. The number of quaternary nitrogens is 1. The number of rotatable bonds is 6. The molecule has 0 saturated heterocycles. The molecule has 0 amide bonds. The fourth-order valence-corrected chi connectivity index (χ4v) is 3.83. The largest absolute Gasteiger partial charge is 0.325 e. The standard InChI is InChI=1S/C8H20N.C4H6IO7/c1-5-9(6-2,7-3)8-4;1-3(6)11-5(8,9,10)12-4(2)7/h5-8H2,1-4H3;1-2H3/q+1;-1. The first-order valence-corrected chi connectivity index (χ1v) is 11.1. The first-order chi connectivity index (χ1) is 9.34. The Kier molecular flexibility index (Phi) is 9.58. The van der Waals surface area contributed by atoms with Crippen LogP contribution in [0.25, 0.3) is 0 Å². The van der Waals surface area contributed by atoms with Crippen molar-refractivity contribution in [3.63, 3.8) is 0 Å². The van der Waals surface area contributed by atoms with Crippen molar-refractivity contribution in [2.45, 2.75) is 41.5 Å². The van der Waals surface area contributed by atoms with Gasteiger partial charge in [-0.25, -0.2) is 0 Å². The van der Waals surface area contributed by atoms with Crippen LogP contribution < -0.4 is 29.4 Å². The topological polar surface area (TPSA) is 122 Å². The van der Waals surface area contributed by atoms with E-state index < -0.39 is 31.1 Å². The van der Waals surface area contributed by atoms with E-state index in [4.69, 9.17) is 0 Å². The van der Waals surface area contributed by atoms with Crippen LogP contribution in [0, 0.1) is 0 Å². The second-order valence-corrected chi connectivity index (χ2v) is 8.85. The summed E-state index contributed by atoms with van der Waals surface area (Å²) < 4.78 is 39.5. The molecule has 0 N–H and O–H groups in total. The second kappa shape index (κ2) is 8.83. The molecule has 8 nitrogen and oxygen atoms in total. The molecule has 0 fully saturated rings. The molecule has 0 saturated carbocycles. The third-order valence-corrected chi connectivity index (χ3v) is 5.83. The van der Waals surface area contributed by atoms with Crippen molar-refractivity contribution in [2.24, 2.45) is 0 Å². The van der Waals surface area contributed by atoms with Gasteiger partial charge in [0, 0.05) is 0 Å². The van der Waals surface area contributed by atoms with E-state index >= 15 is 0 Å². The van der Waals surface area contributed by atoms with Crippen molar-refractivity contribution in [2.75, 3.05) is 26.2 Å². The summed E-state index contributed by atoms with van der Waals surface area (Å²) in [5.41, 5.74) is 0. The van der Waals surface area contributed by atoms with Gasteiger partial charge >= 0.3 is 70.9 Å². The summed E-state index contributed by atoms with van der Waals surface area (Å²) in [6.07, 6.45) is 0. The van der Waals surface area contributed by atoms with Gasteiger partial charge in [0.2, 0.25) is 0 Å². The zero-order chi connectivity index (χ0) is 17.3. The summed E-state index contributed by atoms with van der Waals surface area (Å²) in [5, 5.41) is 0. The van der Waals surface area contributed by atoms with Crippen LogP contribution in [-0.4, -0.2) is 42.6 Å². The molecule has 9 heteroatoms. The van der Waals surface area contributed by atoms with Gasteiger partial charge in [0.05, 0.1) is 26.2 Å². The molecule has 128 valence electrons. The monoisotopic (exact) mass is 423 g/mol. The van der Waals surface area contributed by atoms with Crippen LogP contribution in [0.2, 0.25) is 0 Å². The average molecular weight is 423 g/mol. The van der Waals surface area contributed by atoms with Gasteiger partial charge < -0.3 is 4.48 Å². The molecule has 0 aliphatic carbocycles. The number of hydrogen-bond acceptors (Lipinski definition) is 7. The van der Waals surface area contributed by atoms with E-state index in [-0.39, 0.29) is 0 Å². The molecule has 0 aromatic heterocycles. The molecule has 21 heavy (non-hydrogen) atoms. The molecule has 0 atom stereocenters. The molecule has 0 rings (SSSR count). The van der Waals surface area contributed by atoms with Gasteiger partial charge in [0.15, 0.2) is 0 Å². The minimum atomic E-state index is -7.34. The second-order valence-electron chi connectivity index (χ2n) is 4.37. The van der Waals surface area contributed by atoms with Gasteiger partial charge in [-0.1, -0.05) is 0 Å². The van der Waals surface area contributed by atoms with Crippen LogP contribution in [0.3, 0.4) is 0 Å². The molecule has 0 aromatic carbocycles. The Morgan fingerprint density at radius 3 is 1.14 bits per heavy atom. The normalized spacial score (nSPS) is 13.3. The van der Waals surface area contributed by atoms with E-state index in [9.17, 15) is 19.9 Å². The van der Waals surface area contributed by atoms with Crippen molar-refractivity contribution < 1.29 is 49.6 Å². The van der Waals surface area contributed by atoms with E-state index in [1.54, 1.807) is 0 Å². The minimum absolute atomic E-state index is 0.707. The SMILES string of the molecule is CC(=O)O[I+2]([O-])([O-])([O-])OC(C)=O.CC[N+](CC)(CC)CC. The number of carbonyl (C=O) groups excluding carboxylic acids is 2. The Balaban J connectivity index is 0. The van der Waals surface area contributed by atoms with Gasteiger partial charge in [-0.2, -0.15) is 0 Å². The van der Waals surface area contributed by atoms with Crippen molar-refractivity contribution in [3.8, 4) is 0 Å². The smallest absolute Gasteiger partial charge is 0.0757 e. The first-order valence-electron chi connectivity index (χ1n) is 6.68. The van der Waals surface area contributed by atoms with Gasteiger partial charge in [-0.15, -0.1) is 0 Å². The number of hydrogen-bond donors (Lipinski definition) is 0. The van der Waals surface area contributed by atoms with Gasteiger partial charge in [-0.05, 0) is 27.7 Å². The zero-order valence-corrected chi connectivity index (χ0v) is 15.7. The Bertz CT molecular complexity index is 310.